The van der Waals surface area contributed by atoms with Crippen molar-refractivity contribution in [3.05, 3.63) is 70.0 Å². The Morgan fingerprint density at radius 1 is 1.00 bits per heavy atom. The second-order valence-corrected chi connectivity index (χ2v) is 6.77. The number of piperazine rings is 1. The third kappa shape index (κ3) is 3.36. The van der Waals surface area contributed by atoms with Gasteiger partial charge in [-0.05, 0) is 41.1 Å². The molecule has 1 aliphatic heterocycles. The first-order valence-electron chi connectivity index (χ1n) is 8.86. The number of nitrogens with zero attached hydrogens (tertiary/aromatic N) is 1. The summed E-state index contributed by atoms with van der Waals surface area (Å²) >= 11 is 0. The van der Waals surface area contributed by atoms with E-state index in [1.165, 1.54) is 5.56 Å². The minimum atomic E-state index is -0.0268. The Hall–Kier alpha value is -2.43. The molecule has 0 bridgehead atoms. The maximum absolute atomic E-state index is 12.4. The molecular weight excluding hydrogens is 310 g/mol. The highest BCUT2D eigenvalue weighted by molar-refractivity contribution is 5.87. The molecule has 0 saturated carbocycles. The summed E-state index contributed by atoms with van der Waals surface area (Å²) in [5.41, 5.74) is 4.33. The lowest BCUT2D eigenvalue weighted by atomic mass is 10.0. The van der Waals surface area contributed by atoms with Crippen LogP contribution < -0.4 is 10.9 Å². The predicted octanol–water partition coefficient (Wildman–Crippen LogP) is 2.91. The van der Waals surface area contributed by atoms with E-state index < -0.39 is 0 Å². The summed E-state index contributed by atoms with van der Waals surface area (Å²) in [6.07, 6.45) is 0. The van der Waals surface area contributed by atoms with Crippen LogP contribution >= 0.6 is 0 Å². The van der Waals surface area contributed by atoms with Crippen molar-refractivity contribution in [1.82, 2.24) is 15.2 Å². The number of aromatic amines is 1. The molecule has 1 aliphatic rings. The third-order valence-electron chi connectivity index (χ3n) is 4.99. The van der Waals surface area contributed by atoms with Crippen LogP contribution in [0.5, 0.6) is 0 Å². The minimum Gasteiger partial charge on any atom is -0.321 e. The normalized spacial score (nSPS) is 15.6. The van der Waals surface area contributed by atoms with Gasteiger partial charge in [0.05, 0.1) is 0 Å². The number of rotatable bonds is 3. The zero-order chi connectivity index (χ0) is 17.2. The smallest absolute Gasteiger partial charge is 0.256 e. The summed E-state index contributed by atoms with van der Waals surface area (Å²) in [4.78, 5) is 17.9. The quantitative estimate of drug-likeness (QED) is 0.775. The Kier molecular flexibility index (Phi) is 4.38. The molecule has 0 spiro atoms. The maximum atomic E-state index is 12.4. The molecule has 0 radical (unpaired) electrons. The van der Waals surface area contributed by atoms with Gasteiger partial charge in [0.15, 0.2) is 0 Å². The SMILES string of the molecule is Cc1cccc2c(=O)[nH]c(-c3ccc(CN4CCNCC4)cc3)cc12. The van der Waals surface area contributed by atoms with Gasteiger partial charge in [-0.25, -0.2) is 0 Å². The van der Waals surface area contributed by atoms with Crippen LogP contribution in [-0.2, 0) is 6.54 Å². The predicted molar refractivity (Wildman–Crippen MR) is 103 cm³/mol. The molecule has 0 atom stereocenters. The largest absolute Gasteiger partial charge is 0.321 e. The Morgan fingerprint density at radius 2 is 1.76 bits per heavy atom. The van der Waals surface area contributed by atoms with Crippen molar-refractivity contribution in [1.29, 1.82) is 0 Å². The van der Waals surface area contributed by atoms with Crippen molar-refractivity contribution in [2.75, 3.05) is 26.2 Å². The minimum absolute atomic E-state index is 0.0268. The van der Waals surface area contributed by atoms with Crippen molar-refractivity contribution in [3.63, 3.8) is 0 Å². The molecule has 2 aromatic carbocycles. The molecule has 1 saturated heterocycles. The van der Waals surface area contributed by atoms with Gasteiger partial charge in [0, 0.05) is 43.8 Å². The second kappa shape index (κ2) is 6.82. The Bertz CT molecular complexity index is 938. The summed E-state index contributed by atoms with van der Waals surface area (Å²) in [5.74, 6) is 0. The molecular formula is C21H23N3O. The number of aryl methyl sites for hydroxylation is 1. The molecule has 2 N–H and O–H groups in total. The molecule has 4 heteroatoms. The lowest BCUT2D eigenvalue weighted by molar-refractivity contribution is 0.233. The topological polar surface area (TPSA) is 48.1 Å². The molecule has 0 amide bonds. The number of aromatic nitrogens is 1. The van der Waals surface area contributed by atoms with Crippen LogP contribution in [0.1, 0.15) is 11.1 Å². The number of hydrogen-bond donors (Lipinski definition) is 2. The van der Waals surface area contributed by atoms with Crippen LogP contribution in [0.15, 0.2) is 53.3 Å². The molecule has 0 unspecified atom stereocenters. The zero-order valence-corrected chi connectivity index (χ0v) is 14.5. The fraction of sp³-hybridized carbons (Fsp3) is 0.286. The Balaban J connectivity index is 1.62. The van der Waals surface area contributed by atoms with E-state index in [4.69, 9.17) is 0 Å². The molecule has 128 valence electrons. The van der Waals surface area contributed by atoms with Gasteiger partial charge in [0.25, 0.3) is 5.56 Å². The van der Waals surface area contributed by atoms with Gasteiger partial charge in [-0.2, -0.15) is 0 Å². The number of fused-ring (bicyclic) bond motifs is 1. The summed E-state index contributed by atoms with van der Waals surface area (Å²) in [6, 6.07) is 16.5. The molecule has 0 aliphatic carbocycles. The first-order chi connectivity index (χ1) is 12.2. The number of hydrogen-bond acceptors (Lipinski definition) is 3. The molecule has 25 heavy (non-hydrogen) atoms. The van der Waals surface area contributed by atoms with Crippen molar-refractivity contribution >= 4 is 10.8 Å². The van der Waals surface area contributed by atoms with Crippen LogP contribution in [-0.4, -0.2) is 36.1 Å². The summed E-state index contributed by atoms with van der Waals surface area (Å²) < 4.78 is 0. The van der Waals surface area contributed by atoms with E-state index in [1.54, 1.807) is 0 Å². The lowest BCUT2D eigenvalue weighted by Crippen LogP contribution is -2.42. The second-order valence-electron chi connectivity index (χ2n) is 6.77. The van der Waals surface area contributed by atoms with Gasteiger partial charge in [0.2, 0.25) is 0 Å². The number of benzene rings is 2. The van der Waals surface area contributed by atoms with E-state index in [0.29, 0.717) is 0 Å². The van der Waals surface area contributed by atoms with E-state index in [2.05, 4.69) is 45.5 Å². The van der Waals surface area contributed by atoms with E-state index in [0.717, 1.165) is 60.3 Å². The van der Waals surface area contributed by atoms with Gasteiger partial charge in [-0.3, -0.25) is 9.69 Å². The number of H-pyrrole nitrogens is 1. The van der Waals surface area contributed by atoms with Crippen molar-refractivity contribution in [2.24, 2.45) is 0 Å². The molecule has 4 rings (SSSR count). The fourth-order valence-corrected chi connectivity index (χ4v) is 3.51. The van der Waals surface area contributed by atoms with Gasteiger partial charge in [-0.1, -0.05) is 36.4 Å². The van der Waals surface area contributed by atoms with E-state index >= 15 is 0 Å². The zero-order valence-electron chi connectivity index (χ0n) is 14.5. The van der Waals surface area contributed by atoms with Crippen LogP contribution in [0.25, 0.3) is 22.0 Å². The van der Waals surface area contributed by atoms with Gasteiger partial charge < -0.3 is 10.3 Å². The highest BCUT2D eigenvalue weighted by atomic mass is 16.1. The van der Waals surface area contributed by atoms with Gasteiger partial charge >= 0.3 is 0 Å². The average molecular weight is 333 g/mol. The van der Waals surface area contributed by atoms with Gasteiger partial charge in [-0.15, -0.1) is 0 Å². The molecule has 1 aromatic heterocycles. The first kappa shape index (κ1) is 16.1. The number of nitrogens with one attached hydrogen (secondary N) is 2. The standard InChI is InChI=1S/C21H23N3O/c1-15-3-2-4-18-19(15)13-20(23-21(18)25)17-7-5-16(6-8-17)14-24-11-9-22-10-12-24/h2-8,13,22H,9-12,14H2,1H3,(H,23,25). The van der Waals surface area contributed by atoms with Crippen LogP contribution in [0.2, 0.25) is 0 Å². The maximum Gasteiger partial charge on any atom is 0.256 e. The molecule has 1 fully saturated rings. The summed E-state index contributed by atoms with van der Waals surface area (Å²) in [5, 5.41) is 5.15. The first-order valence-corrected chi connectivity index (χ1v) is 8.86. The van der Waals surface area contributed by atoms with Crippen LogP contribution in [0, 0.1) is 6.92 Å². The summed E-state index contributed by atoms with van der Waals surface area (Å²) in [6.45, 7) is 7.35. The number of pyridine rings is 1. The van der Waals surface area contributed by atoms with Crippen molar-refractivity contribution in [2.45, 2.75) is 13.5 Å². The Labute approximate surface area is 147 Å². The van der Waals surface area contributed by atoms with Gasteiger partial charge in [0.1, 0.15) is 0 Å². The summed E-state index contributed by atoms with van der Waals surface area (Å²) in [7, 11) is 0. The van der Waals surface area contributed by atoms with Crippen molar-refractivity contribution in [3.8, 4) is 11.3 Å². The van der Waals surface area contributed by atoms with Crippen molar-refractivity contribution < 1.29 is 0 Å². The molecule has 2 heterocycles. The van der Waals surface area contributed by atoms with E-state index in [1.807, 2.05) is 25.1 Å². The highest BCUT2D eigenvalue weighted by Gasteiger charge is 2.10. The van der Waals surface area contributed by atoms with E-state index in [-0.39, 0.29) is 5.56 Å². The fourth-order valence-electron chi connectivity index (χ4n) is 3.51. The molecule has 4 nitrogen and oxygen atoms in total. The third-order valence-corrected chi connectivity index (χ3v) is 4.99. The average Bonchev–Trinajstić information content (AvgIpc) is 2.64. The highest BCUT2D eigenvalue weighted by Crippen LogP contribution is 2.22. The monoisotopic (exact) mass is 333 g/mol. The lowest BCUT2D eigenvalue weighted by Gasteiger charge is -2.27. The Morgan fingerprint density at radius 3 is 2.52 bits per heavy atom. The van der Waals surface area contributed by atoms with E-state index in [9.17, 15) is 4.79 Å². The molecule has 3 aromatic rings. The van der Waals surface area contributed by atoms with Crippen LogP contribution in [0.4, 0.5) is 0 Å². The van der Waals surface area contributed by atoms with Crippen LogP contribution in [0.3, 0.4) is 0 Å².